The second kappa shape index (κ2) is 7.94. The molecule has 0 spiro atoms. The Morgan fingerprint density at radius 3 is 2.64 bits per heavy atom. The van der Waals surface area contributed by atoms with E-state index < -0.39 is 0 Å². The molecule has 1 aliphatic rings. The fourth-order valence-electron chi connectivity index (χ4n) is 3.46. The number of nitrogens with one attached hydrogen (secondary N) is 1. The van der Waals surface area contributed by atoms with Crippen LogP contribution in [0.4, 0.5) is 4.39 Å². The Balaban J connectivity index is 1.79. The van der Waals surface area contributed by atoms with Crippen LogP contribution in [0.25, 0.3) is 16.9 Å². The molecular formula is C22H22FN3O2. The van der Waals surface area contributed by atoms with Crippen LogP contribution in [0.5, 0.6) is 0 Å². The number of hydrogen-bond acceptors (Lipinski definition) is 3. The summed E-state index contributed by atoms with van der Waals surface area (Å²) in [6.45, 7) is 3.16. The van der Waals surface area contributed by atoms with E-state index in [2.05, 4.69) is 10.1 Å². The van der Waals surface area contributed by atoms with Gasteiger partial charge in [-0.25, -0.2) is 9.07 Å². The van der Waals surface area contributed by atoms with E-state index in [0.29, 0.717) is 29.2 Å². The van der Waals surface area contributed by atoms with E-state index in [1.165, 1.54) is 16.8 Å². The van der Waals surface area contributed by atoms with Crippen LogP contribution in [0, 0.1) is 5.82 Å². The third kappa shape index (κ3) is 3.68. The van der Waals surface area contributed by atoms with Gasteiger partial charge in [0.1, 0.15) is 5.82 Å². The van der Waals surface area contributed by atoms with Crippen molar-refractivity contribution >= 4 is 5.71 Å². The number of ether oxygens (including phenoxy) is 1. The summed E-state index contributed by atoms with van der Waals surface area (Å²) in [6, 6.07) is 15.5. The fourth-order valence-corrected chi connectivity index (χ4v) is 3.46. The number of benzene rings is 2. The summed E-state index contributed by atoms with van der Waals surface area (Å²) in [6.07, 6.45) is 2.17. The lowest BCUT2D eigenvalue weighted by atomic mass is 10.1. The molecule has 0 bridgehead atoms. The molecule has 0 radical (unpaired) electrons. The molecule has 6 heteroatoms. The van der Waals surface area contributed by atoms with Crippen LogP contribution in [0.3, 0.4) is 0 Å². The molecule has 3 aromatic rings. The van der Waals surface area contributed by atoms with E-state index >= 15 is 0 Å². The van der Waals surface area contributed by atoms with Gasteiger partial charge in [-0.1, -0.05) is 30.3 Å². The topological polar surface area (TPSA) is 59.4 Å². The highest BCUT2D eigenvalue weighted by Crippen LogP contribution is 2.22. The van der Waals surface area contributed by atoms with Gasteiger partial charge in [0.25, 0.3) is 5.56 Å². The molecule has 1 N–H and O–H groups in total. The van der Waals surface area contributed by atoms with Gasteiger partial charge in [0.2, 0.25) is 0 Å². The van der Waals surface area contributed by atoms with Crippen LogP contribution in [-0.4, -0.2) is 34.7 Å². The van der Waals surface area contributed by atoms with Crippen molar-refractivity contribution in [1.29, 1.82) is 0 Å². The Bertz CT molecular complexity index is 1030. The van der Waals surface area contributed by atoms with E-state index in [9.17, 15) is 9.18 Å². The first-order chi connectivity index (χ1) is 13.6. The molecule has 1 aliphatic heterocycles. The summed E-state index contributed by atoms with van der Waals surface area (Å²) < 4.78 is 20.4. The van der Waals surface area contributed by atoms with Gasteiger partial charge in [0.05, 0.1) is 29.6 Å². The number of rotatable bonds is 5. The third-order valence-electron chi connectivity index (χ3n) is 4.96. The van der Waals surface area contributed by atoms with Gasteiger partial charge in [0, 0.05) is 17.9 Å². The van der Waals surface area contributed by atoms with E-state index in [4.69, 9.17) is 4.74 Å². The minimum absolute atomic E-state index is 0.119. The molecule has 1 atom stereocenters. The van der Waals surface area contributed by atoms with Crippen molar-refractivity contribution in [3.8, 4) is 16.9 Å². The SMILES string of the molecule is CC(=NC[C@H]1CCCO1)c1c(-c2ccccc2)[nH]n(-c2ccc(F)cc2)c1=O. The number of H-pyrrole nitrogens is 1. The molecule has 1 aromatic heterocycles. The van der Waals surface area contributed by atoms with Crippen LogP contribution >= 0.6 is 0 Å². The Morgan fingerprint density at radius 2 is 1.96 bits per heavy atom. The van der Waals surface area contributed by atoms with Crippen LogP contribution < -0.4 is 5.56 Å². The molecule has 28 heavy (non-hydrogen) atoms. The summed E-state index contributed by atoms with van der Waals surface area (Å²) in [7, 11) is 0. The first-order valence-electron chi connectivity index (χ1n) is 9.43. The normalized spacial score (nSPS) is 17.2. The van der Waals surface area contributed by atoms with Crippen molar-refractivity contribution < 1.29 is 9.13 Å². The number of aliphatic imine (C=N–C) groups is 1. The summed E-state index contributed by atoms with van der Waals surface area (Å²) in [5.74, 6) is -0.346. The highest BCUT2D eigenvalue weighted by atomic mass is 19.1. The predicted octanol–water partition coefficient (Wildman–Crippen LogP) is 3.96. The van der Waals surface area contributed by atoms with Crippen molar-refractivity contribution in [2.75, 3.05) is 13.2 Å². The van der Waals surface area contributed by atoms with E-state index in [1.807, 2.05) is 37.3 Å². The molecule has 0 amide bonds. The molecular weight excluding hydrogens is 357 g/mol. The lowest BCUT2D eigenvalue weighted by Gasteiger charge is -2.07. The maximum atomic E-state index is 13.3. The lowest BCUT2D eigenvalue weighted by Crippen LogP contribution is -2.20. The minimum Gasteiger partial charge on any atom is -0.376 e. The van der Waals surface area contributed by atoms with Gasteiger partial charge >= 0.3 is 0 Å². The second-order valence-corrected chi connectivity index (χ2v) is 6.91. The molecule has 2 aromatic carbocycles. The summed E-state index contributed by atoms with van der Waals surface area (Å²) in [5.41, 5.74) is 3.14. The van der Waals surface area contributed by atoms with Crippen LogP contribution in [0.2, 0.25) is 0 Å². The summed E-state index contributed by atoms with van der Waals surface area (Å²) >= 11 is 0. The maximum absolute atomic E-state index is 13.3. The van der Waals surface area contributed by atoms with Gasteiger partial charge < -0.3 is 4.74 Å². The zero-order chi connectivity index (χ0) is 19.5. The average Bonchev–Trinajstić information content (AvgIpc) is 3.35. The number of nitrogens with zero attached hydrogens (tertiary/aromatic N) is 2. The van der Waals surface area contributed by atoms with Gasteiger partial charge in [-0.05, 0) is 44.0 Å². The summed E-state index contributed by atoms with van der Waals surface area (Å²) in [4.78, 5) is 17.9. The largest absolute Gasteiger partial charge is 0.376 e. The zero-order valence-corrected chi connectivity index (χ0v) is 15.7. The van der Waals surface area contributed by atoms with Gasteiger partial charge in [-0.15, -0.1) is 0 Å². The number of hydrogen-bond donors (Lipinski definition) is 1. The summed E-state index contributed by atoms with van der Waals surface area (Å²) in [5, 5.41) is 3.18. The highest BCUT2D eigenvalue weighted by molar-refractivity contribution is 6.03. The Labute approximate surface area is 162 Å². The second-order valence-electron chi connectivity index (χ2n) is 6.91. The van der Waals surface area contributed by atoms with Gasteiger partial charge in [-0.2, -0.15) is 0 Å². The van der Waals surface area contributed by atoms with E-state index in [-0.39, 0.29) is 17.5 Å². The van der Waals surface area contributed by atoms with Crippen molar-refractivity contribution in [3.05, 3.63) is 76.3 Å². The molecule has 1 saturated heterocycles. The molecule has 2 heterocycles. The zero-order valence-electron chi connectivity index (χ0n) is 15.7. The molecule has 144 valence electrons. The molecule has 0 unspecified atom stereocenters. The fraction of sp³-hybridized carbons (Fsp3) is 0.273. The van der Waals surface area contributed by atoms with Crippen molar-refractivity contribution in [2.24, 2.45) is 4.99 Å². The highest BCUT2D eigenvalue weighted by Gasteiger charge is 2.20. The van der Waals surface area contributed by atoms with Crippen molar-refractivity contribution in [2.45, 2.75) is 25.9 Å². The van der Waals surface area contributed by atoms with E-state index in [1.54, 1.807) is 12.1 Å². The van der Waals surface area contributed by atoms with Crippen LogP contribution in [-0.2, 0) is 4.74 Å². The molecule has 5 nitrogen and oxygen atoms in total. The monoisotopic (exact) mass is 379 g/mol. The number of aromatic amines is 1. The van der Waals surface area contributed by atoms with E-state index in [0.717, 1.165) is 25.0 Å². The Kier molecular flexibility index (Phi) is 5.21. The quantitative estimate of drug-likeness (QED) is 0.682. The van der Waals surface area contributed by atoms with Crippen molar-refractivity contribution in [1.82, 2.24) is 9.78 Å². The van der Waals surface area contributed by atoms with Gasteiger partial charge in [-0.3, -0.25) is 14.9 Å². The lowest BCUT2D eigenvalue weighted by molar-refractivity contribution is 0.118. The molecule has 0 aliphatic carbocycles. The maximum Gasteiger partial charge on any atom is 0.280 e. The Morgan fingerprint density at radius 1 is 1.21 bits per heavy atom. The van der Waals surface area contributed by atoms with Gasteiger partial charge in [0.15, 0.2) is 0 Å². The van der Waals surface area contributed by atoms with Crippen LogP contribution in [0.1, 0.15) is 25.3 Å². The average molecular weight is 379 g/mol. The molecule has 4 rings (SSSR count). The molecule has 0 saturated carbocycles. The number of aromatic nitrogens is 2. The first-order valence-corrected chi connectivity index (χ1v) is 9.43. The number of halogens is 1. The van der Waals surface area contributed by atoms with Crippen LogP contribution in [0.15, 0.2) is 64.4 Å². The molecule has 1 fully saturated rings. The third-order valence-corrected chi connectivity index (χ3v) is 4.96. The minimum atomic E-state index is -0.346. The smallest absolute Gasteiger partial charge is 0.280 e. The predicted molar refractivity (Wildman–Crippen MR) is 108 cm³/mol. The first kappa shape index (κ1) is 18.4. The van der Waals surface area contributed by atoms with Crippen molar-refractivity contribution in [3.63, 3.8) is 0 Å². The standard InChI is InChI=1S/C22H22FN3O2/c1-15(24-14-19-8-5-13-28-19)20-21(16-6-3-2-4-7-16)25-26(22(20)27)18-11-9-17(23)10-12-18/h2-4,6-7,9-12,19,25H,5,8,13-14H2,1H3/t19-/m1/s1. The Hall–Kier alpha value is -2.99.